The van der Waals surface area contributed by atoms with Gasteiger partial charge in [0.05, 0.1) is 18.6 Å². The van der Waals surface area contributed by atoms with Crippen molar-refractivity contribution >= 4 is 11.9 Å². The van der Waals surface area contributed by atoms with Gasteiger partial charge in [-0.15, -0.1) is 0 Å². The molecule has 0 aliphatic carbocycles. The lowest BCUT2D eigenvalue weighted by molar-refractivity contribution is -0.125. The molecule has 1 rings (SSSR count). The molecule has 0 saturated heterocycles. The van der Waals surface area contributed by atoms with E-state index in [-0.39, 0.29) is 17.8 Å². The van der Waals surface area contributed by atoms with E-state index in [1.165, 1.54) is 7.11 Å². The number of carbonyl (C=O) groups excluding carboxylic acids is 2. The monoisotopic (exact) mass is 278 g/mol. The second-order valence-electron chi connectivity index (χ2n) is 4.63. The fourth-order valence-electron chi connectivity index (χ4n) is 1.91. The molecule has 1 amide bonds. The van der Waals surface area contributed by atoms with Crippen LogP contribution >= 0.6 is 0 Å². The summed E-state index contributed by atoms with van der Waals surface area (Å²) in [5.74, 6) is -0.521. The summed E-state index contributed by atoms with van der Waals surface area (Å²) >= 11 is 0. The average Bonchev–Trinajstić information content (AvgIpc) is 2.49. The predicted molar refractivity (Wildman–Crippen MR) is 77.1 cm³/mol. The zero-order chi connectivity index (χ0) is 15.0. The Morgan fingerprint density at radius 1 is 1.30 bits per heavy atom. The number of amides is 1. The normalized spacial score (nSPS) is 11.8. The molecule has 20 heavy (non-hydrogen) atoms. The van der Waals surface area contributed by atoms with E-state index in [0.717, 1.165) is 18.4 Å². The minimum absolute atomic E-state index is 0.0219. The highest BCUT2D eigenvalue weighted by molar-refractivity contribution is 5.89. The highest BCUT2D eigenvalue weighted by Crippen LogP contribution is 2.07. The van der Waals surface area contributed by atoms with Crippen molar-refractivity contribution in [3.05, 3.63) is 35.4 Å². The van der Waals surface area contributed by atoms with Gasteiger partial charge in [0.2, 0.25) is 5.91 Å². The Kier molecular flexibility index (Phi) is 6.73. The Bertz CT molecular complexity index is 443. The van der Waals surface area contributed by atoms with Crippen LogP contribution in [0.2, 0.25) is 0 Å². The number of nitrogens with one attached hydrogen (secondary N) is 1. The number of ether oxygens (including phenoxy) is 1. The number of nitrogens with two attached hydrogens (primary N) is 1. The summed E-state index contributed by atoms with van der Waals surface area (Å²) in [5, 5.41) is 2.86. The van der Waals surface area contributed by atoms with Crippen LogP contribution in [0.5, 0.6) is 0 Å². The third-order valence-electron chi connectivity index (χ3n) is 3.13. The minimum Gasteiger partial charge on any atom is -0.465 e. The maximum atomic E-state index is 11.9. The maximum Gasteiger partial charge on any atom is 0.337 e. The van der Waals surface area contributed by atoms with Crippen LogP contribution in [0.1, 0.15) is 35.7 Å². The van der Waals surface area contributed by atoms with E-state index >= 15 is 0 Å². The van der Waals surface area contributed by atoms with Crippen LogP contribution in [0.25, 0.3) is 0 Å². The molecule has 0 bridgehead atoms. The van der Waals surface area contributed by atoms with Gasteiger partial charge in [-0.1, -0.05) is 25.5 Å². The van der Waals surface area contributed by atoms with Gasteiger partial charge < -0.3 is 15.8 Å². The molecule has 0 saturated carbocycles. The molecular weight excluding hydrogens is 256 g/mol. The van der Waals surface area contributed by atoms with E-state index in [4.69, 9.17) is 5.73 Å². The first kappa shape index (κ1) is 16.2. The van der Waals surface area contributed by atoms with Gasteiger partial charge in [0.25, 0.3) is 0 Å². The van der Waals surface area contributed by atoms with Crippen molar-refractivity contribution < 1.29 is 14.3 Å². The highest BCUT2D eigenvalue weighted by atomic mass is 16.5. The number of methoxy groups -OCH3 is 1. The molecule has 0 radical (unpaired) electrons. The van der Waals surface area contributed by atoms with Crippen molar-refractivity contribution in [2.45, 2.75) is 26.3 Å². The van der Waals surface area contributed by atoms with Crippen LogP contribution in [0.4, 0.5) is 0 Å². The zero-order valence-electron chi connectivity index (χ0n) is 12.0. The summed E-state index contributed by atoms with van der Waals surface area (Å²) < 4.78 is 4.62. The second kappa shape index (κ2) is 8.32. The van der Waals surface area contributed by atoms with Crippen molar-refractivity contribution in [1.82, 2.24) is 5.32 Å². The lowest BCUT2D eigenvalue weighted by Crippen LogP contribution is -2.34. The molecule has 0 fully saturated rings. The molecule has 0 aliphatic heterocycles. The number of carbonyl (C=O) groups is 2. The standard InChI is InChI=1S/C15H22N2O3/c1-3-4-13(9-16)14(18)17-10-11-5-7-12(8-6-11)15(19)20-2/h5-8,13H,3-4,9-10,16H2,1-2H3,(H,17,18). The van der Waals surface area contributed by atoms with Crippen molar-refractivity contribution in [3.63, 3.8) is 0 Å². The predicted octanol–water partition coefficient (Wildman–Crippen LogP) is 1.46. The molecule has 0 spiro atoms. The molecule has 110 valence electrons. The first-order valence-electron chi connectivity index (χ1n) is 6.77. The fourth-order valence-corrected chi connectivity index (χ4v) is 1.91. The molecule has 0 aromatic heterocycles. The summed E-state index contributed by atoms with van der Waals surface area (Å²) in [6, 6.07) is 6.95. The van der Waals surface area contributed by atoms with Gasteiger partial charge in [0.1, 0.15) is 0 Å². The van der Waals surface area contributed by atoms with Crippen molar-refractivity contribution in [2.24, 2.45) is 11.7 Å². The van der Waals surface area contributed by atoms with Gasteiger partial charge >= 0.3 is 5.97 Å². The number of rotatable bonds is 7. The van der Waals surface area contributed by atoms with Crippen molar-refractivity contribution in [3.8, 4) is 0 Å². The third kappa shape index (κ3) is 4.66. The first-order valence-corrected chi connectivity index (χ1v) is 6.77. The van der Waals surface area contributed by atoms with Crippen LogP contribution < -0.4 is 11.1 Å². The van der Waals surface area contributed by atoms with Crippen LogP contribution in [0.3, 0.4) is 0 Å². The van der Waals surface area contributed by atoms with Crippen LogP contribution in [-0.4, -0.2) is 25.5 Å². The Morgan fingerprint density at radius 2 is 1.95 bits per heavy atom. The average molecular weight is 278 g/mol. The molecule has 1 unspecified atom stereocenters. The van der Waals surface area contributed by atoms with Crippen molar-refractivity contribution in [2.75, 3.05) is 13.7 Å². The summed E-state index contributed by atoms with van der Waals surface area (Å²) in [4.78, 5) is 23.2. The maximum absolute atomic E-state index is 11.9. The quantitative estimate of drug-likeness (QED) is 0.740. The van der Waals surface area contributed by atoms with Crippen LogP contribution in [0.15, 0.2) is 24.3 Å². The van der Waals surface area contributed by atoms with E-state index in [2.05, 4.69) is 10.1 Å². The molecule has 0 heterocycles. The smallest absolute Gasteiger partial charge is 0.337 e. The Balaban J connectivity index is 2.53. The molecule has 1 aromatic rings. The molecule has 5 heteroatoms. The minimum atomic E-state index is -0.369. The number of hydrogen-bond acceptors (Lipinski definition) is 4. The number of benzene rings is 1. The Morgan fingerprint density at radius 3 is 2.45 bits per heavy atom. The summed E-state index contributed by atoms with van der Waals surface area (Å²) in [5.41, 5.74) is 7.01. The van der Waals surface area contributed by atoms with Gasteiger partial charge in [0.15, 0.2) is 0 Å². The molecular formula is C15H22N2O3. The van der Waals surface area contributed by atoms with Gasteiger partial charge in [-0.05, 0) is 24.1 Å². The van der Waals surface area contributed by atoms with Crippen molar-refractivity contribution in [1.29, 1.82) is 0 Å². The highest BCUT2D eigenvalue weighted by Gasteiger charge is 2.15. The molecule has 5 nitrogen and oxygen atoms in total. The number of hydrogen-bond donors (Lipinski definition) is 2. The zero-order valence-corrected chi connectivity index (χ0v) is 12.0. The van der Waals surface area contributed by atoms with E-state index in [9.17, 15) is 9.59 Å². The van der Waals surface area contributed by atoms with E-state index < -0.39 is 0 Å². The van der Waals surface area contributed by atoms with Gasteiger partial charge in [0, 0.05) is 13.1 Å². The first-order chi connectivity index (χ1) is 9.62. The third-order valence-corrected chi connectivity index (χ3v) is 3.13. The summed E-state index contributed by atoms with van der Waals surface area (Å²) in [6.07, 6.45) is 1.73. The summed E-state index contributed by atoms with van der Waals surface area (Å²) in [7, 11) is 1.34. The molecule has 3 N–H and O–H groups in total. The Labute approximate surface area is 119 Å². The van der Waals surface area contributed by atoms with Gasteiger partial charge in [-0.2, -0.15) is 0 Å². The van der Waals surface area contributed by atoms with E-state index in [1.54, 1.807) is 24.3 Å². The lowest BCUT2D eigenvalue weighted by Gasteiger charge is -2.14. The molecule has 1 atom stereocenters. The largest absolute Gasteiger partial charge is 0.465 e. The molecule has 1 aromatic carbocycles. The lowest BCUT2D eigenvalue weighted by atomic mass is 10.0. The van der Waals surface area contributed by atoms with Gasteiger partial charge in [-0.25, -0.2) is 4.79 Å². The second-order valence-corrected chi connectivity index (χ2v) is 4.63. The fraction of sp³-hybridized carbons (Fsp3) is 0.467. The molecule has 0 aliphatic rings. The van der Waals surface area contributed by atoms with Crippen LogP contribution in [-0.2, 0) is 16.1 Å². The summed E-state index contributed by atoms with van der Waals surface area (Å²) in [6.45, 7) is 2.82. The SMILES string of the molecule is CCCC(CN)C(=O)NCc1ccc(C(=O)OC)cc1. The number of esters is 1. The Hall–Kier alpha value is -1.88. The van der Waals surface area contributed by atoms with Gasteiger partial charge in [-0.3, -0.25) is 4.79 Å². The van der Waals surface area contributed by atoms with E-state index in [0.29, 0.717) is 18.7 Å². The topological polar surface area (TPSA) is 81.4 Å². The van der Waals surface area contributed by atoms with Crippen LogP contribution in [0, 0.1) is 5.92 Å². The van der Waals surface area contributed by atoms with E-state index in [1.807, 2.05) is 6.92 Å².